The van der Waals surface area contributed by atoms with Crippen molar-refractivity contribution in [3.8, 4) is 23.0 Å². The summed E-state index contributed by atoms with van der Waals surface area (Å²) in [5.74, 6) is -1.68. The first kappa shape index (κ1) is 25.6. The van der Waals surface area contributed by atoms with Gasteiger partial charge in [0.15, 0.2) is 23.1 Å². The number of nitrogens with one attached hydrogen (secondary N) is 1. The molecule has 0 atom stereocenters. The third-order valence-electron chi connectivity index (χ3n) is 5.44. The third kappa shape index (κ3) is 5.50. The Bertz CT molecular complexity index is 1380. The molecule has 0 saturated heterocycles. The Morgan fingerprint density at radius 3 is 2.44 bits per heavy atom. The first-order valence-electron chi connectivity index (χ1n) is 10.8. The zero-order valence-electron chi connectivity index (χ0n) is 19.6. The van der Waals surface area contributed by atoms with E-state index in [1.165, 1.54) is 18.2 Å². The first-order valence-corrected chi connectivity index (χ1v) is 11.8. The van der Waals surface area contributed by atoms with E-state index < -0.39 is 17.5 Å². The van der Waals surface area contributed by atoms with E-state index in [-0.39, 0.29) is 28.8 Å². The molecular weight excluding hydrogens is 588 g/mol. The average Bonchev–Trinajstić information content (AvgIpc) is 3.37. The van der Waals surface area contributed by atoms with E-state index in [0.717, 1.165) is 11.6 Å². The number of anilines is 3. The number of ether oxygens (including phenoxy) is 2. The summed E-state index contributed by atoms with van der Waals surface area (Å²) >= 11 is 1.96. The van der Waals surface area contributed by atoms with Crippen molar-refractivity contribution < 1.29 is 27.1 Å². The summed E-state index contributed by atoms with van der Waals surface area (Å²) in [4.78, 5) is 1.74. The molecule has 0 aliphatic rings. The lowest BCUT2D eigenvalue weighted by Gasteiger charge is -2.15. The van der Waals surface area contributed by atoms with E-state index in [1.54, 1.807) is 32.2 Å². The molecule has 0 aliphatic carbocycles. The minimum absolute atomic E-state index is 0.0204. The highest BCUT2D eigenvalue weighted by molar-refractivity contribution is 14.1. The van der Waals surface area contributed by atoms with Crippen LogP contribution in [0, 0.1) is 21.0 Å². The number of rotatable bonds is 9. The Hall–Kier alpha value is -3.48. The van der Waals surface area contributed by atoms with Crippen LogP contribution in [0.4, 0.5) is 30.6 Å². The summed E-state index contributed by atoms with van der Waals surface area (Å²) in [7, 11) is 4.91. The first-order chi connectivity index (χ1) is 17.3. The molecule has 7 nitrogen and oxygen atoms in total. The summed E-state index contributed by atoms with van der Waals surface area (Å²) < 4.78 is 60.2. The second kappa shape index (κ2) is 11.1. The lowest BCUT2D eigenvalue weighted by Crippen LogP contribution is -2.20. The molecular formula is C25H22F3IN4O3. The van der Waals surface area contributed by atoms with E-state index in [4.69, 9.17) is 13.9 Å². The van der Waals surface area contributed by atoms with Crippen LogP contribution in [0.1, 0.15) is 5.56 Å². The summed E-state index contributed by atoms with van der Waals surface area (Å²) in [5, 5.41) is 10.7. The maximum absolute atomic E-state index is 14.8. The number of hydrogen-bond donors (Lipinski definition) is 1. The van der Waals surface area contributed by atoms with E-state index >= 15 is 0 Å². The maximum Gasteiger partial charge on any atom is 0.318 e. The van der Waals surface area contributed by atoms with Crippen LogP contribution < -0.4 is 19.7 Å². The predicted molar refractivity (Wildman–Crippen MR) is 139 cm³/mol. The van der Waals surface area contributed by atoms with Crippen LogP contribution in [0.2, 0.25) is 0 Å². The van der Waals surface area contributed by atoms with Gasteiger partial charge in [-0.2, -0.15) is 0 Å². The number of methoxy groups -OCH3 is 2. The van der Waals surface area contributed by atoms with E-state index in [2.05, 4.69) is 15.5 Å². The van der Waals surface area contributed by atoms with Gasteiger partial charge in [0, 0.05) is 17.2 Å². The van der Waals surface area contributed by atoms with Gasteiger partial charge in [0.25, 0.3) is 5.89 Å². The lowest BCUT2D eigenvalue weighted by molar-refractivity contribution is 0.354. The van der Waals surface area contributed by atoms with Crippen LogP contribution in [0.25, 0.3) is 11.5 Å². The van der Waals surface area contributed by atoms with Crippen LogP contribution in [0.15, 0.2) is 52.9 Å². The van der Waals surface area contributed by atoms with Crippen molar-refractivity contribution in [2.45, 2.75) is 6.42 Å². The topological polar surface area (TPSA) is 72.7 Å². The van der Waals surface area contributed by atoms with Crippen molar-refractivity contribution in [2.75, 3.05) is 38.0 Å². The molecule has 0 saturated carbocycles. The molecule has 1 N–H and O–H groups in total. The molecule has 1 heterocycles. The fourth-order valence-electron chi connectivity index (χ4n) is 3.48. The van der Waals surface area contributed by atoms with Crippen molar-refractivity contribution >= 4 is 40.0 Å². The van der Waals surface area contributed by atoms with Crippen molar-refractivity contribution in [1.82, 2.24) is 10.2 Å². The molecule has 11 heteroatoms. The van der Waals surface area contributed by atoms with Gasteiger partial charge in [-0.25, -0.2) is 13.2 Å². The molecule has 0 amide bonds. The third-order valence-corrected chi connectivity index (χ3v) is 6.11. The Kier molecular flexibility index (Phi) is 7.87. The van der Waals surface area contributed by atoms with Crippen molar-refractivity contribution in [2.24, 2.45) is 0 Å². The van der Waals surface area contributed by atoms with Gasteiger partial charge < -0.3 is 24.1 Å². The van der Waals surface area contributed by atoms with E-state index in [1.807, 2.05) is 40.8 Å². The fourth-order valence-corrected chi connectivity index (χ4v) is 3.94. The molecule has 3 aromatic carbocycles. The van der Waals surface area contributed by atoms with Crippen LogP contribution in [0.3, 0.4) is 0 Å². The van der Waals surface area contributed by atoms with Crippen molar-refractivity contribution in [3.05, 3.63) is 75.1 Å². The summed E-state index contributed by atoms with van der Waals surface area (Å²) in [6, 6.07) is 12.4. The lowest BCUT2D eigenvalue weighted by atomic mass is 10.1. The van der Waals surface area contributed by atoms with Gasteiger partial charge in [0.1, 0.15) is 5.82 Å². The second-order valence-electron chi connectivity index (χ2n) is 7.78. The van der Waals surface area contributed by atoms with Gasteiger partial charge in [-0.1, -0.05) is 11.2 Å². The number of aromatic nitrogens is 2. The van der Waals surface area contributed by atoms with Gasteiger partial charge >= 0.3 is 6.01 Å². The number of halogens is 4. The average molecular weight is 610 g/mol. The van der Waals surface area contributed by atoms with Crippen molar-refractivity contribution in [1.29, 1.82) is 0 Å². The standard InChI is InChI=1S/C25H22F3IN4O3/c1-33(11-10-14-4-9-20(34-2)21(12-14)35-3)25-32-31-24(36-25)16-6-7-17(26)22(28)23(16)30-19-8-5-15(29)13-18(19)27/h4-9,12-13,30H,10-11H2,1-3H3. The summed E-state index contributed by atoms with van der Waals surface area (Å²) in [6.07, 6.45) is 0.638. The van der Waals surface area contributed by atoms with Gasteiger partial charge in [0.2, 0.25) is 0 Å². The second-order valence-corrected chi connectivity index (χ2v) is 9.03. The molecule has 0 aliphatic heterocycles. The van der Waals surface area contributed by atoms with Gasteiger partial charge in [0.05, 0.1) is 31.2 Å². The van der Waals surface area contributed by atoms with Crippen LogP contribution in [0.5, 0.6) is 11.5 Å². The predicted octanol–water partition coefficient (Wildman–Crippen LogP) is 6.20. The normalized spacial score (nSPS) is 10.9. The monoisotopic (exact) mass is 610 g/mol. The minimum atomic E-state index is -1.19. The Balaban J connectivity index is 1.55. The SMILES string of the molecule is COc1ccc(CCN(C)c2nnc(-c3ccc(F)c(F)c3Nc3ccc(I)cc3F)o2)cc1OC. The highest BCUT2D eigenvalue weighted by Crippen LogP contribution is 2.35. The highest BCUT2D eigenvalue weighted by Gasteiger charge is 2.21. The Morgan fingerprint density at radius 1 is 0.944 bits per heavy atom. The molecule has 0 fully saturated rings. The zero-order valence-corrected chi connectivity index (χ0v) is 21.8. The number of nitrogens with zero attached hydrogens (tertiary/aromatic N) is 3. The summed E-state index contributed by atoms with van der Waals surface area (Å²) in [5.41, 5.74) is 0.774. The largest absolute Gasteiger partial charge is 0.493 e. The quantitative estimate of drug-likeness (QED) is 0.227. The molecule has 188 valence electrons. The van der Waals surface area contributed by atoms with Crippen molar-refractivity contribution in [3.63, 3.8) is 0 Å². The zero-order chi connectivity index (χ0) is 25.8. The summed E-state index contributed by atoms with van der Waals surface area (Å²) in [6.45, 7) is 0.522. The fraction of sp³-hybridized carbons (Fsp3) is 0.200. The molecule has 0 unspecified atom stereocenters. The molecule has 0 radical (unpaired) electrons. The highest BCUT2D eigenvalue weighted by atomic mass is 127. The van der Waals surface area contributed by atoms with E-state index in [9.17, 15) is 13.2 Å². The molecule has 1 aromatic heterocycles. The molecule has 0 spiro atoms. The number of benzene rings is 3. The van der Waals surface area contributed by atoms with Gasteiger partial charge in [-0.3, -0.25) is 0 Å². The van der Waals surface area contributed by atoms with Gasteiger partial charge in [-0.15, -0.1) is 5.10 Å². The number of likely N-dealkylation sites (N-methyl/N-ethyl adjacent to an activating group) is 1. The molecule has 0 bridgehead atoms. The minimum Gasteiger partial charge on any atom is -0.493 e. The maximum atomic E-state index is 14.8. The van der Waals surface area contributed by atoms with Crippen LogP contribution in [-0.4, -0.2) is 38.0 Å². The number of hydrogen-bond acceptors (Lipinski definition) is 7. The Morgan fingerprint density at radius 2 is 1.72 bits per heavy atom. The van der Waals surface area contributed by atoms with Crippen LogP contribution in [-0.2, 0) is 6.42 Å². The Labute approximate surface area is 219 Å². The molecule has 4 aromatic rings. The smallest absolute Gasteiger partial charge is 0.318 e. The van der Waals surface area contributed by atoms with Crippen LogP contribution >= 0.6 is 22.6 Å². The van der Waals surface area contributed by atoms with E-state index in [0.29, 0.717) is 28.0 Å². The van der Waals surface area contributed by atoms with Gasteiger partial charge in [-0.05, 0) is 77.0 Å². The molecule has 36 heavy (non-hydrogen) atoms. The molecule has 4 rings (SSSR count).